The Labute approximate surface area is 265 Å². The Morgan fingerprint density at radius 1 is 1.23 bits per heavy atom. The number of benzene rings is 1. The molecule has 8 nitrogen and oxygen atoms in total. The van der Waals surface area contributed by atoms with Crippen LogP contribution >= 0.6 is 11.8 Å². The first-order valence-corrected chi connectivity index (χ1v) is 17.2. The Balaban J connectivity index is 1.16. The van der Waals surface area contributed by atoms with Crippen LogP contribution < -0.4 is 10.6 Å². The van der Waals surface area contributed by atoms with Crippen LogP contribution in [0, 0.1) is 39.4 Å². The number of ketones is 1. The summed E-state index contributed by atoms with van der Waals surface area (Å²) in [6, 6.07) is 7.36. The van der Waals surface area contributed by atoms with Crippen LogP contribution in [0.1, 0.15) is 71.8 Å². The molecule has 4 unspecified atom stereocenters. The van der Waals surface area contributed by atoms with Gasteiger partial charge in [-0.15, -0.1) is 18.3 Å². The fourth-order valence-electron chi connectivity index (χ4n) is 10.3. The maximum Gasteiger partial charge on any atom is 0.316 e. The summed E-state index contributed by atoms with van der Waals surface area (Å²) in [4.78, 5) is 40.4. The Morgan fingerprint density at radius 3 is 2.70 bits per heavy atom. The van der Waals surface area contributed by atoms with Gasteiger partial charge in [0.1, 0.15) is 11.9 Å². The monoisotopic (exact) mass is 624 g/mol. The highest BCUT2D eigenvalue weighted by Gasteiger charge is 2.81. The Hall–Kier alpha value is -2.20. The second kappa shape index (κ2) is 11.2. The zero-order chi connectivity index (χ0) is 31.7. The van der Waals surface area contributed by atoms with Gasteiger partial charge >= 0.3 is 5.97 Å². The SMILES string of the molecule is C=C[C@]1(C)C[C@@H](OC(=O)CSc2cccc(CNC(=O)[C@H]3C[C@@H](O)CN3)c2)[C@]2(C)C(C)CC34CC(CCC3=O)(C42)[C@@H](C)[C@@H]1O. The van der Waals surface area contributed by atoms with Gasteiger partial charge in [0.2, 0.25) is 5.91 Å². The van der Waals surface area contributed by atoms with Gasteiger partial charge in [-0.05, 0) is 73.0 Å². The number of amides is 1. The van der Waals surface area contributed by atoms with E-state index >= 15 is 0 Å². The van der Waals surface area contributed by atoms with Gasteiger partial charge in [-0.3, -0.25) is 14.4 Å². The molecule has 5 fully saturated rings. The van der Waals surface area contributed by atoms with E-state index in [0.717, 1.165) is 29.7 Å². The summed E-state index contributed by atoms with van der Waals surface area (Å²) in [7, 11) is 0. The van der Waals surface area contributed by atoms with Crippen molar-refractivity contribution in [2.75, 3.05) is 12.3 Å². The molecule has 4 N–H and O–H groups in total. The summed E-state index contributed by atoms with van der Waals surface area (Å²) < 4.78 is 6.44. The second-order valence-electron chi connectivity index (χ2n) is 15.0. The van der Waals surface area contributed by atoms with Gasteiger partial charge in [0.05, 0.1) is 24.0 Å². The zero-order valence-corrected chi connectivity index (χ0v) is 27.3. The van der Waals surface area contributed by atoms with Gasteiger partial charge in [-0.1, -0.05) is 45.9 Å². The van der Waals surface area contributed by atoms with Crippen molar-refractivity contribution < 1.29 is 29.3 Å². The van der Waals surface area contributed by atoms with Crippen molar-refractivity contribution in [2.45, 2.75) is 102 Å². The van der Waals surface area contributed by atoms with E-state index in [2.05, 4.69) is 38.0 Å². The normalized spacial score (nSPS) is 44.1. The summed E-state index contributed by atoms with van der Waals surface area (Å²) in [5.41, 5.74) is -0.585. The van der Waals surface area contributed by atoms with Gasteiger partial charge in [0.25, 0.3) is 0 Å². The molecular weight excluding hydrogens is 576 g/mol. The van der Waals surface area contributed by atoms with Gasteiger partial charge in [0, 0.05) is 40.7 Å². The zero-order valence-electron chi connectivity index (χ0n) is 26.4. The molecular formula is C35H48N2O6S. The van der Waals surface area contributed by atoms with Crippen LogP contribution in [0.2, 0.25) is 0 Å². The van der Waals surface area contributed by atoms with Crippen LogP contribution in [-0.2, 0) is 25.7 Å². The van der Waals surface area contributed by atoms with E-state index in [-0.39, 0.29) is 57.7 Å². The van der Waals surface area contributed by atoms with Gasteiger partial charge < -0.3 is 25.6 Å². The van der Waals surface area contributed by atoms with E-state index < -0.39 is 23.7 Å². The van der Waals surface area contributed by atoms with E-state index in [9.17, 15) is 24.6 Å². The fourth-order valence-corrected chi connectivity index (χ4v) is 11.1. The molecule has 2 spiro atoms. The van der Waals surface area contributed by atoms with Crippen molar-refractivity contribution in [3.05, 3.63) is 42.5 Å². The summed E-state index contributed by atoms with van der Waals surface area (Å²) in [6.07, 6.45) is 4.17. The predicted octanol–water partition coefficient (Wildman–Crippen LogP) is 4.02. The average Bonchev–Trinajstić information content (AvgIpc) is 3.51. The lowest BCUT2D eigenvalue weighted by Crippen LogP contribution is -2.71. The Kier molecular flexibility index (Phi) is 8.12. The number of nitrogens with one attached hydrogen (secondary N) is 2. The van der Waals surface area contributed by atoms with Gasteiger partial charge in [-0.2, -0.15) is 0 Å². The third-order valence-electron chi connectivity index (χ3n) is 12.8. The van der Waals surface area contributed by atoms with E-state index in [1.165, 1.54) is 11.8 Å². The van der Waals surface area contributed by atoms with Crippen molar-refractivity contribution in [3.8, 4) is 0 Å². The quantitative estimate of drug-likeness (QED) is 0.194. The first-order chi connectivity index (χ1) is 20.8. The lowest BCUT2D eigenvalue weighted by atomic mass is 9.32. The summed E-state index contributed by atoms with van der Waals surface area (Å²) in [6.45, 7) is 13.6. The molecule has 1 saturated heterocycles. The molecule has 1 aromatic rings. The Morgan fingerprint density at radius 2 is 2.00 bits per heavy atom. The number of ether oxygens (including phenoxy) is 1. The molecule has 11 atom stereocenters. The van der Waals surface area contributed by atoms with Gasteiger partial charge in [-0.25, -0.2) is 0 Å². The molecule has 240 valence electrons. The molecule has 4 aliphatic carbocycles. The minimum absolute atomic E-state index is 0.0200. The predicted molar refractivity (Wildman–Crippen MR) is 169 cm³/mol. The van der Waals surface area contributed by atoms with E-state index in [4.69, 9.17) is 4.74 Å². The van der Waals surface area contributed by atoms with Crippen LogP contribution in [0.15, 0.2) is 41.8 Å². The minimum Gasteiger partial charge on any atom is -0.461 e. The molecule has 4 saturated carbocycles. The van der Waals surface area contributed by atoms with Gasteiger partial charge in [0.15, 0.2) is 0 Å². The highest BCUT2D eigenvalue weighted by atomic mass is 32.2. The van der Waals surface area contributed by atoms with Crippen molar-refractivity contribution in [1.82, 2.24) is 10.6 Å². The number of thioether (sulfide) groups is 1. The van der Waals surface area contributed by atoms with Crippen LogP contribution in [0.25, 0.3) is 0 Å². The number of rotatable bonds is 8. The summed E-state index contributed by atoms with van der Waals surface area (Å²) >= 11 is 1.40. The average molecular weight is 625 g/mol. The minimum atomic E-state index is -0.639. The molecule has 0 aromatic heterocycles. The number of hydrogen-bond acceptors (Lipinski definition) is 8. The van der Waals surface area contributed by atoms with E-state index in [1.54, 1.807) is 0 Å². The highest BCUT2D eigenvalue weighted by molar-refractivity contribution is 8.00. The maximum absolute atomic E-state index is 13.6. The molecule has 2 bridgehead atoms. The summed E-state index contributed by atoms with van der Waals surface area (Å²) in [5.74, 6) is 0.367. The molecule has 9 heteroatoms. The number of β-amino-alcohol motifs (C(OH)–C–C–N with tert-alkyl or cyclic N) is 1. The topological polar surface area (TPSA) is 125 Å². The second-order valence-corrected chi connectivity index (χ2v) is 16.1. The van der Waals surface area contributed by atoms with Crippen molar-refractivity contribution in [2.24, 2.45) is 39.4 Å². The number of esters is 1. The van der Waals surface area contributed by atoms with Crippen LogP contribution in [0.5, 0.6) is 0 Å². The van der Waals surface area contributed by atoms with Crippen LogP contribution in [-0.4, -0.2) is 64.5 Å². The van der Waals surface area contributed by atoms with Crippen molar-refractivity contribution >= 4 is 29.4 Å². The fraction of sp³-hybridized carbons (Fsp3) is 0.686. The maximum atomic E-state index is 13.6. The largest absolute Gasteiger partial charge is 0.461 e. The highest BCUT2D eigenvalue weighted by Crippen LogP contribution is 2.82. The first-order valence-electron chi connectivity index (χ1n) is 16.2. The number of aliphatic hydroxyl groups is 2. The molecule has 1 aromatic carbocycles. The molecule has 6 rings (SSSR count). The summed E-state index contributed by atoms with van der Waals surface area (Å²) in [5, 5.41) is 27.4. The third-order valence-corrected chi connectivity index (χ3v) is 13.7. The van der Waals surface area contributed by atoms with E-state index in [1.807, 2.05) is 37.3 Å². The number of hydrogen-bond donors (Lipinski definition) is 4. The number of carbonyl (C=O) groups excluding carboxylic acids is 3. The number of carbonyl (C=O) groups is 3. The third kappa shape index (κ3) is 4.79. The molecule has 5 aliphatic rings. The Bertz CT molecular complexity index is 1350. The molecule has 1 amide bonds. The lowest BCUT2D eigenvalue weighted by molar-refractivity contribution is -0.257. The molecule has 44 heavy (non-hydrogen) atoms. The van der Waals surface area contributed by atoms with Crippen molar-refractivity contribution in [3.63, 3.8) is 0 Å². The smallest absolute Gasteiger partial charge is 0.316 e. The van der Waals surface area contributed by atoms with Crippen LogP contribution in [0.3, 0.4) is 0 Å². The standard InChI is InChI=1S/C35H48N2O6S/c1-6-32(4)15-27(33(5)20(2)14-35-19-34(31(33)35,11-10-26(35)39)21(3)29(32)41)43-28(40)18-44-24-9-7-8-22(12-24)16-37-30(42)25-13-23(38)17-36-25/h6-9,12,20-21,23,25,27,29,31,36,38,41H,1,10-11,13-19H2,2-5H3,(H,37,42)/t20?,21-,23+,25+,27+,29-,31?,32+,33-,34?,35?/m0/s1. The molecule has 1 heterocycles. The first kappa shape index (κ1) is 31.8. The number of Topliss-reactive ketones (excluding diaryl/α,β-unsaturated/α-hetero) is 1. The van der Waals surface area contributed by atoms with E-state index in [0.29, 0.717) is 38.1 Å². The number of aliphatic hydroxyl groups excluding tert-OH is 2. The molecule has 1 aliphatic heterocycles. The van der Waals surface area contributed by atoms with Crippen molar-refractivity contribution in [1.29, 1.82) is 0 Å². The molecule has 0 radical (unpaired) electrons. The lowest BCUT2D eigenvalue weighted by Gasteiger charge is -2.71. The van der Waals surface area contributed by atoms with Crippen LogP contribution in [0.4, 0.5) is 0 Å².